The number of hydrogen-bond donors (Lipinski definition) is 1. The maximum absolute atomic E-state index is 12.3. The van der Waals surface area contributed by atoms with Crippen LogP contribution < -0.4 is 4.72 Å². The summed E-state index contributed by atoms with van der Waals surface area (Å²) in [6, 6.07) is 5.11. The van der Waals surface area contributed by atoms with Crippen LogP contribution in [-0.4, -0.2) is 38.4 Å². The third-order valence-corrected chi connectivity index (χ3v) is 5.11. The number of nitrogens with one attached hydrogen (secondary N) is 1. The van der Waals surface area contributed by atoms with Gasteiger partial charge >= 0.3 is 0 Å². The van der Waals surface area contributed by atoms with Gasteiger partial charge in [0.25, 0.3) is 5.69 Å². The van der Waals surface area contributed by atoms with Crippen LogP contribution in [0.3, 0.4) is 0 Å². The van der Waals surface area contributed by atoms with Crippen molar-refractivity contribution in [2.45, 2.75) is 16.9 Å². The summed E-state index contributed by atoms with van der Waals surface area (Å²) in [7, 11) is -2.60. The minimum absolute atomic E-state index is 0.0227. The first-order valence-electron chi connectivity index (χ1n) is 7.00. The second-order valence-corrected chi connectivity index (χ2v) is 6.84. The lowest BCUT2D eigenvalue weighted by molar-refractivity contribution is -0.387. The second-order valence-electron chi connectivity index (χ2n) is 5.10. The monoisotopic (exact) mass is 352 g/mol. The largest absolute Gasteiger partial charge is 0.370 e. The normalized spacial score (nSPS) is 16.3. The van der Waals surface area contributed by atoms with Gasteiger partial charge in [0.1, 0.15) is 5.60 Å². The number of methoxy groups -OCH3 is 1. The molecule has 0 spiro atoms. The number of allylic oxidation sites excluding steroid dienone is 2. The fraction of sp³-hybridized carbons (Fsp3) is 0.267. The molecule has 0 saturated heterocycles. The average molecular weight is 352 g/mol. The van der Waals surface area contributed by atoms with Crippen LogP contribution in [0.25, 0.3) is 0 Å². The summed E-state index contributed by atoms with van der Waals surface area (Å²) in [6.45, 7) is -0.0227. The summed E-state index contributed by atoms with van der Waals surface area (Å²) in [5.74, 6) is -0.178. The Morgan fingerprint density at radius 3 is 2.46 bits per heavy atom. The Labute approximate surface area is 139 Å². The van der Waals surface area contributed by atoms with Crippen molar-refractivity contribution in [2.75, 3.05) is 13.7 Å². The van der Waals surface area contributed by atoms with Gasteiger partial charge in [-0.3, -0.25) is 14.9 Å². The van der Waals surface area contributed by atoms with E-state index in [0.29, 0.717) is 0 Å². The Hall–Kier alpha value is -2.36. The molecular formula is C15H16N2O6S. The number of carbonyl (C=O) groups is 1. The number of nitro benzene ring substituents is 1. The van der Waals surface area contributed by atoms with Crippen molar-refractivity contribution in [3.05, 3.63) is 58.7 Å². The topological polar surface area (TPSA) is 116 Å². The van der Waals surface area contributed by atoms with Gasteiger partial charge in [0.05, 0.1) is 4.92 Å². The average Bonchev–Trinajstić information content (AvgIpc) is 2.57. The molecule has 0 radical (unpaired) electrons. The van der Waals surface area contributed by atoms with Gasteiger partial charge in [0.2, 0.25) is 10.0 Å². The Morgan fingerprint density at radius 1 is 1.25 bits per heavy atom. The summed E-state index contributed by atoms with van der Waals surface area (Å²) >= 11 is 0. The van der Waals surface area contributed by atoms with Crippen LogP contribution >= 0.6 is 0 Å². The fourth-order valence-electron chi connectivity index (χ4n) is 2.26. The lowest BCUT2D eigenvalue weighted by Crippen LogP contribution is -2.35. The Morgan fingerprint density at radius 2 is 1.88 bits per heavy atom. The predicted molar refractivity (Wildman–Crippen MR) is 85.9 cm³/mol. The number of ketones is 1. The van der Waals surface area contributed by atoms with E-state index in [0.717, 1.165) is 6.07 Å². The summed E-state index contributed by atoms with van der Waals surface area (Å²) in [6.07, 6.45) is 6.02. The van der Waals surface area contributed by atoms with Crippen molar-refractivity contribution in [1.29, 1.82) is 0 Å². The highest BCUT2D eigenvalue weighted by Gasteiger charge is 2.29. The summed E-state index contributed by atoms with van der Waals surface area (Å²) in [5, 5.41) is 11.0. The summed E-state index contributed by atoms with van der Waals surface area (Å²) in [4.78, 5) is 21.0. The van der Waals surface area contributed by atoms with E-state index < -0.39 is 31.1 Å². The number of nitrogens with zero attached hydrogens (tertiary/aromatic N) is 1. The summed E-state index contributed by atoms with van der Waals surface area (Å²) < 4.78 is 32.3. The van der Waals surface area contributed by atoms with E-state index in [9.17, 15) is 23.3 Å². The van der Waals surface area contributed by atoms with E-state index in [4.69, 9.17) is 4.74 Å². The first-order chi connectivity index (χ1) is 11.3. The zero-order chi connectivity index (χ0) is 17.8. The third kappa shape index (κ3) is 3.94. The van der Waals surface area contributed by atoms with Gasteiger partial charge < -0.3 is 4.74 Å². The number of sulfonamides is 1. The molecule has 0 unspecified atom stereocenters. The molecule has 0 aromatic heterocycles. The molecule has 24 heavy (non-hydrogen) atoms. The quantitative estimate of drug-likeness (QED) is 0.585. The van der Waals surface area contributed by atoms with Crippen LogP contribution in [0, 0.1) is 10.1 Å². The van der Waals surface area contributed by atoms with Crippen LogP contribution in [0.5, 0.6) is 0 Å². The van der Waals surface area contributed by atoms with Crippen LogP contribution in [0.15, 0.2) is 53.5 Å². The molecule has 0 fully saturated rings. The molecule has 0 atom stereocenters. The molecule has 0 heterocycles. The van der Waals surface area contributed by atoms with Crippen molar-refractivity contribution in [1.82, 2.24) is 4.72 Å². The van der Waals surface area contributed by atoms with Gasteiger partial charge in [-0.25, -0.2) is 13.1 Å². The number of benzene rings is 1. The molecule has 8 nitrogen and oxygen atoms in total. The molecule has 0 saturated carbocycles. The Balaban J connectivity index is 2.12. The zero-order valence-corrected chi connectivity index (χ0v) is 13.7. The van der Waals surface area contributed by atoms with E-state index in [1.807, 2.05) is 0 Å². The highest BCUT2D eigenvalue weighted by Crippen LogP contribution is 2.24. The van der Waals surface area contributed by atoms with E-state index in [1.54, 1.807) is 12.2 Å². The highest BCUT2D eigenvalue weighted by molar-refractivity contribution is 7.89. The van der Waals surface area contributed by atoms with Gasteiger partial charge in [0.15, 0.2) is 10.7 Å². The van der Waals surface area contributed by atoms with E-state index >= 15 is 0 Å². The Kier molecular flexibility index (Phi) is 5.27. The molecule has 9 heteroatoms. The molecule has 0 amide bonds. The lowest BCUT2D eigenvalue weighted by atomic mass is 9.94. The smallest absolute Gasteiger partial charge is 0.289 e. The Bertz CT molecular complexity index is 797. The first-order valence-corrected chi connectivity index (χ1v) is 8.49. The zero-order valence-electron chi connectivity index (χ0n) is 12.8. The molecule has 1 aromatic carbocycles. The van der Waals surface area contributed by atoms with Crippen molar-refractivity contribution in [2.24, 2.45) is 0 Å². The second kappa shape index (κ2) is 7.04. The number of carbonyl (C=O) groups excluding carboxylic acids is 1. The van der Waals surface area contributed by atoms with Crippen molar-refractivity contribution >= 4 is 21.5 Å². The number of ether oxygens (including phenoxy) is 1. The van der Waals surface area contributed by atoms with E-state index in [-0.39, 0.29) is 18.7 Å². The fourth-order valence-corrected chi connectivity index (χ4v) is 3.46. The molecule has 0 aliphatic heterocycles. The number of nitro groups is 1. The minimum Gasteiger partial charge on any atom is -0.370 e. The maximum atomic E-state index is 12.3. The van der Waals surface area contributed by atoms with E-state index in [2.05, 4.69) is 4.72 Å². The van der Waals surface area contributed by atoms with Gasteiger partial charge in [-0.1, -0.05) is 12.1 Å². The van der Waals surface area contributed by atoms with Crippen molar-refractivity contribution in [3.63, 3.8) is 0 Å². The first kappa shape index (κ1) is 18.0. The highest BCUT2D eigenvalue weighted by atomic mass is 32.2. The molecule has 1 aromatic rings. The molecular weight excluding hydrogens is 336 g/mol. The summed E-state index contributed by atoms with van der Waals surface area (Å²) in [5.41, 5.74) is -1.38. The third-order valence-electron chi connectivity index (χ3n) is 3.60. The maximum Gasteiger partial charge on any atom is 0.289 e. The molecule has 1 aliphatic carbocycles. The van der Waals surface area contributed by atoms with E-state index in [1.165, 1.54) is 37.5 Å². The standard InChI is InChI=1S/C15H16N2O6S/c1-23-15(8-6-12(18)7-9-15)10-11-16-24(21,22)14-5-3-2-4-13(14)17(19)20/h2-9,16H,10-11H2,1H3. The van der Waals surface area contributed by atoms with Crippen molar-refractivity contribution in [3.8, 4) is 0 Å². The van der Waals surface area contributed by atoms with Crippen molar-refractivity contribution < 1.29 is 22.9 Å². The SMILES string of the molecule is COC1(CCNS(=O)(=O)c2ccccc2[N+](=O)[O-])C=CC(=O)C=C1. The molecule has 1 N–H and O–H groups in total. The molecule has 2 rings (SSSR count). The van der Waals surface area contributed by atoms with Crippen LogP contribution in [0.1, 0.15) is 6.42 Å². The van der Waals surface area contributed by atoms with Gasteiger partial charge in [-0.05, 0) is 36.8 Å². The van der Waals surface area contributed by atoms with Crippen LogP contribution in [-0.2, 0) is 19.6 Å². The van der Waals surface area contributed by atoms with Gasteiger partial charge in [-0.2, -0.15) is 0 Å². The number of hydrogen-bond acceptors (Lipinski definition) is 6. The van der Waals surface area contributed by atoms with Gasteiger partial charge in [-0.15, -0.1) is 0 Å². The molecule has 0 bridgehead atoms. The van der Waals surface area contributed by atoms with Crippen LogP contribution in [0.2, 0.25) is 0 Å². The lowest BCUT2D eigenvalue weighted by Gasteiger charge is -2.27. The molecule has 1 aliphatic rings. The number of rotatable bonds is 7. The molecule has 128 valence electrons. The number of para-hydroxylation sites is 1. The van der Waals surface area contributed by atoms with Gasteiger partial charge in [0, 0.05) is 19.7 Å². The minimum atomic E-state index is -4.04. The van der Waals surface area contributed by atoms with Crippen LogP contribution in [0.4, 0.5) is 5.69 Å². The predicted octanol–water partition coefficient (Wildman–Crippen LogP) is 1.34.